The van der Waals surface area contributed by atoms with E-state index in [1.165, 1.54) is 31.7 Å². The van der Waals surface area contributed by atoms with Crippen LogP contribution in [0.5, 0.6) is 0 Å². The highest BCUT2D eigenvalue weighted by Gasteiger charge is 2.21. The molecular formula is C27H29NS. The molecule has 0 N–H and O–H groups in total. The first kappa shape index (κ1) is 19.8. The highest BCUT2D eigenvalue weighted by molar-refractivity contribution is 7.22. The molecule has 0 atom stereocenters. The van der Waals surface area contributed by atoms with Crippen molar-refractivity contribution in [2.75, 3.05) is 0 Å². The average Bonchev–Trinajstić information content (AvgIpc) is 3.10. The van der Waals surface area contributed by atoms with Gasteiger partial charge in [0.1, 0.15) is 0 Å². The maximum atomic E-state index is 4.70. The molecule has 2 aromatic heterocycles. The van der Waals surface area contributed by atoms with E-state index in [4.69, 9.17) is 4.98 Å². The second-order valence-electron chi connectivity index (χ2n) is 9.88. The van der Waals surface area contributed by atoms with Gasteiger partial charge < -0.3 is 0 Å². The van der Waals surface area contributed by atoms with Crippen LogP contribution in [0.25, 0.3) is 31.8 Å². The van der Waals surface area contributed by atoms with Gasteiger partial charge in [0.2, 0.25) is 0 Å². The van der Waals surface area contributed by atoms with E-state index in [0.29, 0.717) is 0 Å². The van der Waals surface area contributed by atoms with Crippen LogP contribution in [-0.4, -0.2) is 4.98 Å². The Balaban J connectivity index is 1.84. The van der Waals surface area contributed by atoms with Crippen LogP contribution in [0.2, 0.25) is 0 Å². The fourth-order valence-corrected chi connectivity index (χ4v) is 4.54. The molecule has 0 radical (unpaired) electrons. The fraction of sp³-hybridized carbons (Fsp3) is 0.296. The van der Waals surface area contributed by atoms with Gasteiger partial charge in [-0.15, -0.1) is 11.3 Å². The first-order valence-electron chi connectivity index (χ1n) is 10.2. The first-order valence-corrected chi connectivity index (χ1v) is 11.0. The number of hydrogen-bond donors (Lipinski definition) is 0. The zero-order valence-corrected chi connectivity index (χ0v) is 19.0. The van der Waals surface area contributed by atoms with Gasteiger partial charge >= 0.3 is 0 Å². The topological polar surface area (TPSA) is 12.9 Å². The van der Waals surface area contributed by atoms with Gasteiger partial charge in [-0.3, -0.25) is 4.98 Å². The zero-order chi connectivity index (χ0) is 20.8. The number of nitrogens with zero attached hydrogens (tertiary/aromatic N) is 1. The summed E-state index contributed by atoms with van der Waals surface area (Å²) in [6.45, 7) is 13.7. The molecule has 0 unspecified atom stereocenters. The Labute approximate surface area is 178 Å². The lowest BCUT2D eigenvalue weighted by Crippen LogP contribution is -2.16. The highest BCUT2D eigenvalue weighted by Crippen LogP contribution is 2.39. The van der Waals surface area contributed by atoms with Crippen molar-refractivity contribution in [2.24, 2.45) is 0 Å². The predicted octanol–water partition coefficient (Wildman–Crippen LogP) is 8.23. The van der Waals surface area contributed by atoms with Gasteiger partial charge in [0.05, 0.1) is 5.69 Å². The van der Waals surface area contributed by atoms with Crippen molar-refractivity contribution in [1.82, 2.24) is 4.98 Å². The van der Waals surface area contributed by atoms with Crippen molar-refractivity contribution in [3.63, 3.8) is 0 Å². The molecule has 0 aliphatic rings. The Hall–Kier alpha value is -2.45. The summed E-state index contributed by atoms with van der Waals surface area (Å²) in [6, 6.07) is 22.0. The third-order valence-electron chi connectivity index (χ3n) is 5.42. The number of fused-ring (bicyclic) bond motifs is 1. The summed E-state index contributed by atoms with van der Waals surface area (Å²) in [4.78, 5) is 6.01. The number of hydrogen-bond acceptors (Lipinski definition) is 2. The van der Waals surface area contributed by atoms with Crippen molar-refractivity contribution in [2.45, 2.75) is 52.4 Å². The largest absolute Gasteiger partial charge is 0.256 e. The molecule has 4 rings (SSSR count). The summed E-state index contributed by atoms with van der Waals surface area (Å²) in [5.41, 5.74) is 6.52. The Kier molecular flexibility index (Phi) is 4.86. The second-order valence-corrected chi connectivity index (χ2v) is 11.0. The molecular weight excluding hydrogens is 370 g/mol. The maximum absolute atomic E-state index is 4.70. The molecule has 0 bridgehead atoms. The highest BCUT2D eigenvalue weighted by atomic mass is 32.1. The van der Waals surface area contributed by atoms with Crippen LogP contribution in [0.15, 0.2) is 66.9 Å². The van der Waals surface area contributed by atoms with E-state index < -0.39 is 0 Å². The number of pyridine rings is 1. The van der Waals surface area contributed by atoms with Crippen molar-refractivity contribution in [1.29, 1.82) is 0 Å². The van der Waals surface area contributed by atoms with Crippen molar-refractivity contribution >= 4 is 21.4 Å². The van der Waals surface area contributed by atoms with Crippen molar-refractivity contribution in [3.8, 4) is 21.7 Å². The van der Waals surface area contributed by atoms with Gasteiger partial charge in [0.15, 0.2) is 0 Å². The second kappa shape index (κ2) is 7.11. The van der Waals surface area contributed by atoms with E-state index in [1.54, 1.807) is 0 Å². The average molecular weight is 400 g/mol. The van der Waals surface area contributed by atoms with Crippen LogP contribution >= 0.6 is 11.3 Å². The Morgan fingerprint density at radius 1 is 0.690 bits per heavy atom. The van der Waals surface area contributed by atoms with Gasteiger partial charge in [0.25, 0.3) is 0 Å². The predicted molar refractivity (Wildman–Crippen MR) is 128 cm³/mol. The van der Waals surface area contributed by atoms with Crippen LogP contribution in [0, 0.1) is 0 Å². The molecule has 0 amide bonds. The SMILES string of the molecule is CC(C)(C)c1cc(-c2cc3cnc(-c4ccccc4)cc3s2)cc(C(C)(C)C)c1. The number of aromatic nitrogens is 1. The Bertz CT molecular complexity index is 1120. The molecule has 0 spiro atoms. The van der Waals surface area contributed by atoms with E-state index in [2.05, 4.69) is 96.1 Å². The molecule has 148 valence electrons. The van der Waals surface area contributed by atoms with E-state index in [-0.39, 0.29) is 10.8 Å². The molecule has 0 saturated carbocycles. The van der Waals surface area contributed by atoms with Gasteiger partial charge in [-0.05, 0) is 51.8 Å². The van der Waals surface area contributed by atoms with Gasteiger partial charge in [-0.25, -0.2) is 0 Å². The summed E-state index contributed by atoms with van der Waals surface area (Å²) in [5, 5.41) is 1.21. The van der Waals surface area contributed by atoms with Crippen LogP contribution in [0.1, 0.15) is 52.7 Å². The van der Waals surface area contributed by atoms with Crippen molar-refractivity contribution < 1.29 is 0 Å². The van der Waals surface area contributed by atoms with Gasteiger partial charge in [-0.1, -0.05) is 77.9 Å². The summed E-state index contributed by atoms with van der Waals surface area (Å²) in [7, 11) is 0. The summed E-state index contributed by atoms with van der Waals surface area (Å²) >= 11 is 1.86. The Morgan fingerprint density at radius 3 is 1.90 bits per heavy atom. The quantitative estimate of drug-likeness (QED) is 0.331. The fourth-order valence-electron chi connectivity index (χ4n) is 3.48. The molecule has 2 heteroatoms. The van der Waals surface area contributed by atoms with E-state index in [0.717, 1.165) is 11.3 Å². The van der Waals surface area contributed by atoms with Crippen LogP contribution in [0.4, 0.5) is 0 Å². The lowest BCUT2D eigenvalue weighted by molar-refractivity contribution is 0.569. The summed E-state index contributed by atoms with van der Waals surface area (Å²) < 4.78 is 1.28. The Morgan fingerprint density at radius 2 is 1.31 bits per heavy atom. The smallest absolute Gasteiger partial charge is 0.0716 e. The molecule has 1 nitrogen and oxygen atoms in total. The minimum atomic E-state index is 0.120. The van der Waals surface area contributed by atoms with E-state index in [1.807, 2.05) is 23.6 Å². The summed E-state index contributed by atoms with van der Waals surface area (Å²) in [6.07, 6.45) is 2.01. The molecule has 0 aliphatic heterocycles. The minimum Gasteiger partial charge on any atom is -0.256 e. The lowest BCUT2D eigenvalue weighted by atomic mass is 9.79. The van der Waals surface area contributed by atoms with Crippen molar-refractivity contribution in [3.05, 3.63) is 78.0 Å². The van der Waals surface area contributed by atoms with E-state index in [9.17, 15) is 0 Å². The minimum absolute atomic E-state index is 0.120. The maximum Gasteiger partial charge on any atom is 0.0716 e. The van der Waals surface area contributed by atoms with Gasteiger partial charge in [0, 0.05) is 26.7 Å². The molecule has 0 aliphatic carbocycles. The third-order valence-corrected chi connectivity index (χ3v) is 6.57. The third kappa shape index (κ3) is 4.13. The first-order chi connectivity index (χ1) is 13.6. The van der Waals surface area contributed by atoms with E-state index >= 15 is 0 Å². The zero-order valence-electron chi connectivity index (χ0n) is 18.2. The molecule has 29 heavy (non-hydrogen) atoms. The van der Waals surface area contributed by atoms with Crippen LogP contribution in [0.3, 0.4) is 0 Å². The number of benzene rings is 2. The van der Waals surface area contributed by atoms with Gasteiger partial charge in [-0.2, -0.15) is 0 Å². The molecule has 0 fully saturated rings. The molecule has 4 aromatic rings. The number of thiophene rings is 1. The van der Waals surface area contributed by atoms with Crippen LogP contribution in [-0.2, 0) is 10.8 Å². The normalized spacial score (nSPS) is 12.5. The number of rotatable bonds is 2. The van der Waals surface area contributed by atoms with Crippen LogP contribution < -0.4 is 0 Å². The standard InChI is InChI=1S/C27H29NS/c1-26(2,3)21-12-19(13-22(15-21)27(4,5)6)24-14-20-17-28-23(16-25(20)29-24)18-10-8-7-9-11-18/h7-17H,1-6H3. The molecule has 2 aromatic carbocycles. The lowest BCUT2D eigenvalue weighted by Gasteiger charge is -2.26. The molecule has 0 saturated heterocycles. The molecule has 2 heterocycles. The monoisotopic (exact) mass is 399 g/mol. The summed E-state index contributed by atoms with van der Waals surface area (Å²) in [5.74, 6) is 0.